The maximum atomic E-state index is 11.3. The standard InChI is InChI=1S/C9H12N4O4/c1-17-8(15)6-2-5(10)3-13(6)4-7(14)12-9(11)16/h2-3H,4,10H2,1H3,(H3,11,12,14,16). The Kier molecular flexibility index (Phi) is 3.70. The van der Waals surface area contributed by atoms with Crippen molar-refractivity contribution in [2.24, 2.45) is 5.73 Å². The number of nitrogens with zero attached hydrogens (tertiary/aromatic N) is 1. The Morgan fingerprint density at radius 3 is 2.65 bits per heavy atom. The Balaban J connectivity index is 2.87. The lowest BCUT2D eigenvalue weighted by Gasteiger charge is -2.06. The smallest absolute Gasteiger partial charge is 0.354 e. The molecule has 0 aliphatic heterocycles. The third-order valence-corrected chi connectivity index (χ3v) is 1.89. The van der Waals surface area contributed by atoms with Gasteiger partial charge in [0.2, 0.25) is 5.91 Å². The van der Waals surface area contributed by atoms with E-state index in [1.165, 1.54) is 23.9 Å². The highest BCUT2D eigenvalue weighted by Crippen LogP contribution is 2.11. The number of carbonyl (C=O) groups excluding carboxylic acids is 3. The minimum absolute atomic E-state index is 0.115. The lowest BCUT2D eigenvalue weighted by atomic mass is 10.4. The van der Waals surface area contributed by atoms with Crippen molar-refractivity contribution >= 4 is 23.6 Å². The second kappa shape index (κ2) is 5.01. The van der Waals surface area contributed by atoms with Gasteiger partial charge in [-0.3, -0.25) is 10.1 Å². The van der Waals surface area contributed by atoms with Gasteiger partial charge in [0.05, 0.1) is 12.8 Å². The molecule has 0 aliphatic rings. The zero-order valence-corrected chi connectivity index (χ0v) is 9.10. The summed E-state index contributed by atoms with van der Waals surface area (Å²) >= 11 is 0. The summed E-state index contributed by atoms with van der Waals surface area (Å²) in [5.74, 6) is -1.29. The summed E-state index contributed by atoms with van der Waals surface area (Å²) < 4.78 is 5.78. The Labute approximate surface area is 96.5 Å². The van der Waals surface area contributed by atoms with Crippen LogP contribution >= 0.6 is 0 Å². The van der Waals surface area contributed by atoms with Gasteiger partial charge in [-0.2, -0.15) is 0 Å². The van der Waals surface area contributed by atoms with Crippen LogP contribution in [0.4, 0.5) is 10.5 Å². The quantitative estimate of drug-likeness (QED) is 0.586. The fourth-order valence-corrected chi connectivity index (χ4v) is 1.27. The van der Waals surface area contributed by atoms with Crippen molar-refractivity contribution in [2.75, 3.05) is 12.8 Å². The lowest BCUT2D eigenvalue weighted by Crippen LogP contribution is -2.37. The number of primary amides is 1. The molecular weight excluding hydrogens is 228 g/mol. The number of amides is 3. The molecule has 8 heteroatoms. The van der Waals surface area contributed by atoms with E-state index in [9.17, 15) is 14.4 Å². The molecule has 0 bridgehead atoms. The van der Waals surface area contributed by atoms with Crippen LogP contribution in [0.25, 0.3) is 0 Å². The van der Waals surface area contributed by atoms with Gasteiger partial charge in [-0.15, -0.1) is 0 Å². The molecule has 0 fully saturated rings. The van der Waals surface area contributed by atoms with E-state index < -0.39 is 17.9 Å². The third kappa shape index (κ3) is 3.23. The monoisotopic (exact) mass is 240 g/mol. The molecule has 8 nitrogen and oxygen atoms in total. The van der Waals surface area contributed by atoms with E-state index in [4.69, 9.17) is 11.5 Å². The largest absolute Gasteiger partial charge is 0.464 e. The summed E-state index contributed by atoms with van der Waals surface area (Å²) in [5.41, 5.74) is 10.7. The number of ether oxygens (including phenoxy) is 1. The minimum atomic E-state index is -0.963. The van der Waals surface area contributed by atoms with E-state index >= 15 is 0 Å². The highest BCUT2D eigenvalue weighted by Gasteiger charge is 2.15. The molecule has 1 aromatic heterocycles. The molecule has 0 saturated carbocycles. The molecule has 5 N–H and O–H groups in total. The van der Waals surface area contributed by atoms with Crippen LogP contribution in [-0.2, 0) is 16.1 Å². The van der Waals surface area contributed by atoms with Crippen LogP contribution in [0.2, 0.25) is 0 Å². The molecule has 0 atom stereocenters. The minimum Gasteiger partial charge on any atom is -0.464 e. The number of nitrogen functional groups attached to an aromatic ring is 1. The molecule has 1 aromatic rings. The second-order valence-electron chi connectivity index (χ2n) is 3.19. The number of esters is 1. The lowest BCUT2D eigenvalue weighted by molar-refractivity contribution is -0.120. The van der Waals surface area contributed by atoms with Crippen molar-refractivity contribution < 1.29 is 19.1 Å². The fraction of sp³-hybridized carbons (Fsp3) is 0.222. The molecule has 1 heterocycles. The van der Waals surface area contributed by atoms with Gasteiger partial charge in [-0.25, -0.2) is 9.59 Å². The summed E-state index contributed by atoms with van der Waals surface area (Å²) in [7, 11) is 1.21. The molecule has 17 heavy (non-hydrogen) atoms. The molecule has 3 amide bonds. The number of hydrogen-bond acceptors (Lipinski definition) is 5. The van der Waals surface area contributed by atoms with E-state index in [1.54, 1.807) is 0 Å². The second-order valence-corrected chi connectivity index (χ2v) is 3.19. The van der Waals surface area contributed by atoms with E-state index in [1.807, 2.05) is 5.32 Å². The predicted octanol–water partition coefficient (Wildman–Crippen LogP) is -0.948. The molecule has 0 radical (unpaired) electrons. The number of anilines is 1. The molecule has 0 unspecified atom stereocenters. The van der Waals surface area contributed by atoms with E-state index in [0.717, 1.165) is 0 Å². The van der Waals surface area contributed by atoms with Crippen molar-refractivity contribution in [1.82, 2.24) is 9.88 Å². The summed E-state index contributed by atoms with van der Waals surface area (Å²) in [6.07, 6.45) is 1.38. The van der Waals surface area contributed by atoms with Crippen LogP contribution in [-0.4, -0.2) is 29.6 Å². The summed E-state index contributed by atoms with van der Waals surface area (Å²) in [6, 6.07) is 0.401. The Hall–Kier alpha value is -2.51. The third-order valence-electron chi connectivity index (χ3n) is 1.89. The predicted molar refractivity (Wildman–Crippen MR) is 57.9 cm³/mol. The van der Waals surface area contributed by atoms with E-state index in [0.29, 0.717) is 5.69 Å². The molecular formula is C9H12N4O4. The van der Waals surface area contributed by atoms with E-state index in [-0.39, 0.29) is 12.2 Å². The maximum Gasteiger partial charge on any atom is 0.354 e. The van der Waals surface area contributed by atoms with Gasteiger partial charge in [0.1, 0.15) is 12.2 Å². The van der Waals surface area contributed by atoms with Gasteiger partial charge in [0, 0.05) is 6.20 Å². The van der Waals surface area contributed by atoms with Gasteiger partial charge in [-0.05, 0) is 6.07 Å². The van der Waals surface area contributed by atoms with Crippen molar-refractivity contribution in [3.05, 3.63) is 18.0 Å². The molecule has 0 aliphatic carbocycles. The zero-order valence-electron chi connectivity index (χ0n) is 9.10. The van der Waals surface area contributed by atoms with Crippen molar-refractivity contribution in [1.29, 1.82) is 0 Å². The summed E-state index contributed by atoms with van der Waals surface area (Å²) in [6.45, 7) is -0.259. The van der Waals surface area contributed by atoms with Crippen LogP contribution in [0, 0.1) is 0 Å². The average molecular weight is 240 g/mol. The first kappa shape index (κ1) is 12.6. The first-order valence-electron chi connectivity index (χ1n) is 4.57. The zero-order chi connectivity index (χ0) is 13.0. The molecule has 0 saturated heterocycles. The Bertz CT molecular complexity index is 466. The van der Waals surface area contributed by atoms with Crippen LogP contribution in [0.15, 0.2) is 12.3 Å². The van der Waals surface area contributed by atoms with Crippen LogP contribution in [0.5, 0.6) is 0 Å². The van der Waals surface area contributed by atoms with Crippen LogP contribution < -0.4 is 16.8 Å². The first-order valence-corrected chi connectivity index (χ1v) is 4.57. The number of methoxy groups -OCH3 is 1. The number of carbonyl (C=O) groups is 3. The maximum absolute atomic E-state index is 11.3. The van der Waals surface area contributed by atoms with Gasteiger partial charge < -0.3 is 20.8 Å². The summed E-state index contributed by atoms with van der Waals surface area (Å²) in [4.78, 5) is 33.0. The first-order chi connectivity index (χ1) is 7.93. The van der Waals surface area contributed by atoms with Crippen molar-refractivity contribution in [3.8, 4) is 0 Å². The van der Waals surface area contributed by atoms with Crippen molar-refractivity contribution in [3.63, 3.8) is 0 Å². The van der Waals surface area contributed by atoms with Gasteiger partial charge in [0.25, 0.3) is 0 Å². The van der Waals surface area contributed by atoms with Crippen molar-refractivity contribution in [2.45, 2.75) is 6.54 Å². The average Bonchev–Trinajstić information content (AvgIpc) is 2.57. The van der Waals surface area contributed by atoms with Crippen LogP contribution in [0.1, 0.15) is 10.5 Å². The number of hydrogen-bond donors (Lipinski definition) is 3. The number of aromatic nitrogens is 1. The summed E-state index contributed by atoms with van der Waals surface area (Å²) in [5, 5.41) is 1.87. The fourth-order valence-electron chi connectivity index (χ4n) is 1.27. The topological polar surface area (TPSA) is 129 Å². The van der Waals surface area contributed by atoms with E-state index in [2.05, 4.69) is 4.74 Å². The van der Waals surface area contributed by atoms with Gasteiger partial charge >= 0.3 is 12.0 Å². The van der Waals surface area contributed by atoms with Gasteiger partial charge in [-0.1, -0.05) is 0 Å². The number of urea groups is 1. The highest BCUT2D eigenvalue weighted by molar-refractivity contribution is 5.94. The normalized spacial score (nSPS) is 9.71. The Morgan fingerprint density at radius 1 is 1.47 bits per heavy atom. The number of nitrogens with two attached hydrogens (primary N) is 2. The number of nitrogens with one attached hydrogen (secondary N) is 1. The molecule has 0 aromatic carbocycles. The molecule has 1 rings (SSSR count). The molecule has 92 valence electrons. The number of imide groups is 1. The highest BCUT2D eigenvalue weighted by atomic mass is 16.5. The molecule has 0 spiro atoms. The number of rotatable bonds is 3. The van der Waals surface area contributed by atoms with Crippen LogP contribution in [0.3, 0.4) is 0 Å². The Morgan fingerprint density at radius 2 is 2.12 bits per heavy atom. The van der Waals surface area contributed by atoms with Gasteiger partial charge in [0.15, 0.2) is 0 Å². The SMILES string of the molecule is COC(=O)c1cc(N)cn1CC(=O)NC(N)=O.